The van der Waals surface area contributed by atoms with E-state index in [-0.39, 0.29) is 0 Å². The molecule has 3 rings (SSSR count). The van der Waals surface area contributed by atoms with E-state index in [0.29, 0.717) is 0 Å². The average Bonchev–Trinajstić information content (AvgIpc) is 2.60. The Hall–Kier alpha value is -2.63. The highest BCUT2D eigenvalue weighted by Gasteiger charge is 2.00. The summed E-state index contributed by atoms with van der Waals surface area (Å²) in [6.45, 7) is 0. The Morgan fingerprint density at radius 3 is 2.65 bits per heavy atom. The monoisotopic (exact) mass is 322 g/mol. The van der Waals surface area contributed by atoms with Crippen molar-refractivity contribution < 1.29 is 10.0 Å². The number of hydrogen-bond donors (Lipinski definition) is 2. The Morgan fingerprint density at radius 2 is 1.87 bits per heavy atom. The van der Waals surface area contributed by atoms with Crippen LogP contribution in [0.2, 0.25) is 0 Å². The topological polar surface area (TPSA) is 62.2 Å². The van der Waals surface area contributed by atoms with Crippen molar-refractivity contribution in [2.45, 2.75) is 9.79 Å². The van der Waals surface area contributed by atoms with Gasteiger partial charge in [-0.15, -0.1) is 0 Å². The number of carbonyl (C=O) groups is 1. The van der Waals surface area contributed by atoms with E-state index >= 15 is 0 Å². The van der Waals surface area contributed by atoms with Crippen LogP contribution in [0.4, 0.5) is 0 Å². The zero-order valence-corrected chi connectivity index (χ0v) is 13.0. The maximum absolute atomic E-state index is 10.9. The van der Waals surface area contributed by atoms with Gasteiger partial charge in [-0.25, -0.2) is 5.48 Å². The largest absolute Gasteiger partial charge is 0.288 e. The molecule has 0 aliphatic rings. The number of para-hydroxylation sites is 1. The minimum atomic E-state index is -0.550. The van der Waals surface area contributed by atoms with E-state index in [1.54, 1.807) is 23.3 Å². The number of aromatic nitrogens is 1. The molecule has 1 heterocycles. The van der Waals surface area contributed by atoms with Gasteiger partial charge in [-0.05, 0) is 35.9 Å². The standard InChI is InChI=1S/C18H14N2O2S/c21-18(20-22)10-7-13-5-8-15(9-6-13)23-16-11-14-3-1-2-4-17(14)19-12-16/h1-12,22H,(H,20,21)/b10-7+. The Balaban J connectivity index is 1.74. The molecule has 0 fully saturated rings. The lowest BCUT2D eigenvalue weighted by Crippen LogP contribution is -2.14. The molecule has 0 saturated carbocycles. The summed E-state index contributed by atoms with van der Waals surface area (Å²) >= 11 is 1.63. The number of carbonyl (C=O) groups excluding carboxylic acids is 1. The van der Waals surface area contributed by atoms with Crippen LogP contribution in [0, 0.1) is 0 Å². The molecule has 0 aliphatic carbocycles. The van der Waals surface area contributed by atoms with Crippen molar-refractivity contribution in [3.8, 4) is 0 Å². The third-order valence-electron chi connectivity index (χ3n) is 3.22. The fraction of sp³-hybridized carbons (Fsp3) is 0. The molecule has 0 aliphatic heterocycles. The summed E-state index contributed by atoms with van der Waals surface area (Å²) in [5.74, 6) is -0.550. The molecule has 3 aromatic rings. The number of amides is 1. The molecule has 4 nitrogen and oxygen atoms in total. The molecule has 2 aromatic carbocycles. The van der Waals surface area contributed by atoms with E-state index in [2.05, 4.69) is 11.1 Å². The first kappa shape index (κ1) is 15.3. The van der Waals surface area contributed by atoms with Gasteiger partial charge in [0, 0.05) is 27.5 Å². The number of nitrogens with zero attached hydrogens (tertiary/aromatic N) is 1. The van der Waals surface area contributed by atoms with Crippen molar-refractivity contribution in [3.63, 3.8) is 0 Å². The SMILES string of the molecule is O=C(/C=C/c1ccc(Sc2cnc3ccccc3c2)cc1)NO. The molecule has 0 unspecified atom stereocenters. The molecule has 0 radical (unpaired) electrons. The molecular formula is C18H14N2O2S. The molecule has 0 saturated heterocycles. The van der Waals surface area contributed by atoms with Crippen LogP contribution in [-0.2, 0) is 4.79 Å². The van der Waals surface area contributed by atoms with Crippen molar-refractivity contribution in [1.29, 1.82) is 0 Å². The van der Waals surface area contributed by atoms with Crippen LogP contribution in [0.25, 0.3) is 17.0 Å². The zero-order valence-electron chi connectivity index (χ0n) is 12.1. The second kappa shape index (κ2) is 7.09. The second-order valence-corrected chi connectivity index (χ2v) is 5.99. The minimum Gasteiger partial charge on any atom is -0.288 e. The van der Waals surface area contributed by atoms with E-state index in [9.17, 15) is 4.79 Å². The summed E-state index contributed by atoms with van der Waals surface area (Å²) < 4.78 is 0. The van der Waals surface area contributed by atoms with Gasteiger partial charge >= 0.3 is 0 Å². The molecule has 2 N–H and O–H groups in total. The van der Waals surface area contributed by atoms with Gasteiger partial charge in [0.05, 0.1) is 5.52 Å². The molecule has 23 heavy (non-hydrogen) atoms. The van der Waals surface area contributed by atoms with Crippen molar-refractivity contribution in [2.75, 3.05) is 0 Å². The Bertz CT molecular complexity index is 860. The van der Waals surface area contributed by atoms with Gasteiger partial charge < -0.3 is 0 Å². The highest BCUT2D eigenvalue weighted by atomic mass is 32.2. The zero-order chi connectivity index (χ0) is 16.1. The van der Waals surface area contributed by atoms with E-state index < -0.39 is 5.91 Å². The number of hydrogen-bond acceptors (Lipinski definition) is 4. The number of fused-ring (bicyclic) bond motifs is 1. The van der Waals surface area contributed by atoms with Gasteiger partial charge in [0.2, 0.25) is 0 Å². The van der Waals surface area contributed by atoms with Crippen molar-refractivity contribution in [2.24, 2.45) is 0 Å². The third kappa shape index (κ3) is 3.97. The van der Waals surface area contributed by atoms with Crippen LogP contribution in [0.3, 0.4) is 0 Å². The fourth-order valence-electron chi connectivity index (χ4n) is 2.10. The first-order valence-electron chi connectivity index (χ1n) is 6.99. The van der Waals surface area contributed by atoms with Crippen LogP contribution in [0.1, 0.15) is 5.56 Å². The highest BCUT2D eigenvalue weighted by molar-refractivity contribution is 7.99. The Kier molecular flexibility index (Phi) is 4.71. The van der Waals surface area contributed by atoms with Gasteiger partial charge in [-0.2, -0.15) is 0 Å². The lowest BCUT2D eigenvalue weighted by atomic mass is 10.2. The van der Waals surface area contributed by atoms with Gasteiger partial charge in [-0.3, -0.25) is 15.0 Å². The number of rotatable bonds is 4. The van der Waals surface area contributed by atoms with E-state index in [1.165, 1.54) is 6.08 Å². The molecule has 0 spiro atoms. The van der Waals surface area contributed by atoms with Crippen molar-refractivity contribution >= 4 is 34.6 Å². The fourth-order valence-corrected chi connectivity index (χ4v) is 2.93. The smallest absolute Gasteiger partial charge is 0.267 e. The predicted octanol–water partition coefficient (Wildman–Crippen LogP) is 3.90. The van der Waals surface area contributed by atoms with Crippen LogP contribution in [-0.4, -0.2) is 16.1 Å². The molecule has 0 bridgehead atoms. The minimum absolute atomic E-state index is 0.550. The van der Waals surface area contributed by atoms with Crippen LogP contribution < -0.4 is 5.48 Å². The summed E-state index contributed by atoms with van der Waals surface area (Å²) in [6, 6.07) is 17.9. The Morgan fingerprint density at radius 1 is 1.09 bits per heavy atom. The number of benzene rings is 2. The summed E-state index contributed by atoms with van der Waals surface area (Å²) in [6.07, 6.45) is 4.78. The molecular weight excluding hydrogens is 308 g/mol. The van der Waals surface area contributed by atoms with Crippen LogP contribution in [0.5, 0.6) is 0 Å². The number of pyridine rings is 1. The maximum atomic E-state index is 10.9. The first-order chi connectivity index (χ1) is 11.2. The first-order valence-corrected chi connectivity index (χ1v) is 7.81. The Labute approximate surface area is 137 Å². The summed E-state index contributed by atoms with van der Waals surface area (Å²) in [4.78, 5) is 17.6. The van der Waals surface area contributed by atoms with Crippen molar-refractivity contribution in [1.82, 2.24) is 10.5 Å². The molecule has 1 aromatic heterocycles. The van der Waals surface area contributed by atoms with Gasteiger partial charge in [0.1, 0.15) is 0 Å². The quantitative estimate of drug-likeness (QED) is 0.434. The highest BCUT2D eigenvalue weighted by Crippen LogP contribution is 2.29. The molecule has 5 heteroatoms. The van der Waals surface area contributed by atoms with E-state index in [4.69, 9.17) is 5.21 Å². The van der Waals surface area contributed by atoms with Crippen LogP contribution >= 0.6 is 11.8 Å². The lowest BCUT2D eigenvalue weighted by Gasteiger charge is -2.04. The molecule has 0 atom stereocenters. The maximum Gasteiger partial charge on any atom is 0.267 e. The number of nitrogens with one attached hydrogen (secondary N) is 1. The summed E-state index contributed by atoms with van der Waals surface area (Å²) in [5, 5.41) is 9.55. The molecule has 114 valence electrons. The number of hydroxylamine groups is 1. The van der Waals surface area contributed by atoms with Crippen LogP contribution in [0.15, 0.2) is 76.7 Å². The summed E-state index contributed by atoms with van der Waals surface area (Å²) in [5.41, 5.74) is 3.43. The van der Waals surface area contributed by atoms with E-state index in [1.807, 2.05) is 54.7 Å². The lowest BCUT2D eigenvalue weighted by molar-refractivity contribution is -0.124. The van der Waals surface area contributed by atoms with Gasteiger partial charge in [0.25, 0.3) is 5.91 Å². The van der Waals surface area contributed by atoms with E-state index in [0.717, 1.165) is 26.3 Å². The third-order valence-corrected chi connectivity index (χ3v) is 4.19. The molecule has 1 amide bonds. The van der Waals surface area contributed by atoms with Gasteiger partial charge in [0.15, 0.2) is 0 Å². The average molecular weight is 322 g/mol. The normalized spacial score (nSPS) is 11.0. The summed E-state index contributed by atoms with van der Waals surface area (Å²) in [7, 11) is 0. The van der Waals surface area contributed by atoms with Crippen molar-refractivity contribution in [3.05, 3.63) is 72.4 Å². The van der Waals surface area contributed by atoms with Gasteiger partial charge in [-0.1, -0.05) is 42.1 Å². The predicted molar refractivity (Wildman–Crippen MR) is 91.3 cm³/mol. The second-order valence-electron chi connectivity index (χ2n) is 4.84.